The molecule has 2 bridgehead atoms. The predicted molar refractivity (Wildman–Crippen MR) is 104 cm³/mol. The van der Waals surface area contributed by atoms with Crippen molar-refractivity contribution >= 4 is 15.9 Å². The minimum atomic E-state index is -3.39. The van der Waals surface area contributed by atoms with E-state index in [1.165, 1.54) is 0 Å². The molecule has 3 aliphatic heterocycles. The van der Waals surface area contributed by atoms with Gasteiger partial charge in [0.25, 0.3) is 5.91 Å². The second kappa shape index (κ2) is 7.31. The van der Waals surface area contributed by atoms with E-state index in [0.717, 1.165) is 6.42 Å². The third kappa shape index (κ3) is 3.53. The summed E-state index contributed by atoms with van der Waals surface area (Å²) in [5, 5.41) is -0.551. The first-order valence-electron chi connectivity index (χ1n) is 9.92. The molecule has 8 heteroatoms. The van der Waals surface area contributed by atoms with Gasteiger partial charge in [0.2, 0.25) is 10.0 Å². The van der Waals surface area contributed by atoms with E-state index < -0.39 is 20.9 Å². The number of carbonyl (C=O) groups excluding carboxylic acids is 1. The lowest BCUT2D eigenvalue weighted by molar-refractivity contribution is -0.152. The maximum atomic E-state index is 13.0. The molecular formula is C20H28N2O5S. The van der Waals surface area contributed by atoms with Crippen molar-refractivity contribution in [1.29, 1.82) is 0 Å². The fourth-order valence-corrected chi connectivity index (χ4v) is 6.82. The lowest BCUT2D eigenvalue weighted by Gasteiger charge is -2.39. The molecule has 4 rings (SSSR count). The minimum Gasteiger partial charge on any atom is -0.484 e. The number of fused-ring (bicyclic) bond motifs is 1. The first-order chi connectivity index (χ1) is 13.3. The molecule has 0 radical (unpaired) electrons. The van der Waals surface area contributed by atoms with Gasteiger partial charge in [0.1, 0.15) is 16.6 Å². The Labute approximate surface area is 166 Å². The Bertz CT molecular complexity index is 828. The van der Waals surface area contributed by atoms with Gasteiger partial charge in [0, 0.05) is 19.6 Å². The number of carbonyl (C=O) groups is 1. The van der Waals surface area contributed by atoms with Crippen LogP contribution in [-0.4, -0.2) is 73.3 Å². The van der Waals surface area contributed by atoms with E-state index in [2.05, 4.69) is 13.8 Å². The summed E-state index contributed by atoms with van der Waals surface area (Å²) >= 11 is 0. The number of hydrogen-bond donors (Lipinski definition) is 0. The molecule has 3 heterocycles. The Morgan fingerprint density at radius 3 is 2.75 bits per heavy atom. The Hall–Kier alpha value is -1.64. The number of rotatable bonds is 6. The summed E-state index contributed by atoms with van der Waals surface area (Å²) in [7, 11) is -3.39. The van der Waals surface area contributed by atoms with Crippen LogP contribution in [0.3, 0.4) is 0 Å². The zero-order valence-corrected chi connectivity index (χ0v) is 17.2. The molecule has 1 aromatic carbocycles. The number of hydrogen-bond acceptors (Lipinski definition) is 5. The number of benzene rings is 1. The highest BCUT2D eigenvalue weighted by molar-refractivity contribution is 7.90. The molecule has 3 atom stereocenters. The second-order valence-electron chi connectivity index (χ2n) is 8.47. The van der Waals surface area contributed by atoms with E-state index in [1.54, 1.807) is 21.3 Å². The highest BCUT2D eigenvalue weighted by Gasteiger charge is 2.65. The molecule has 154 valence electrons. The first kappa shape index (κ1) is 19.7. The predicted octanol–water partition coefficient (Wildman–Crippen LogP) is 1.50. The number of ether oxygens (including phenoxy) is 2. The van der Waals surface area contributed by atoms with Crippen molar-refractivity contribution in [3.8, 4) is 5.75 Å². The lowest BCUT2D eigenvalue weighted by Crippen LogP contribution is -2.57. The number of para-hydroxylation sites is 1. The molecule has 1 amide bonds. The van der Waals surface area contributed by atoms with Crippen LogP contribution in [0.15, 0.2) is 30.3 Å². The van der Waals surface area contributed by atoms with E-state index in [1.807, 2.05) is 18.2 Å². The molecule has 3 fully saturated rings. The van der Waals surface area contributed by atoms with E-state index >= 15 is 0 Å². The Morgan fingerprint density at radius 1 is 1.29 bits per heavy atom. The summed E-state index contributed by atoms with van der Waals surface area (Å²) in [5.41, 5.74) is -0.804. The summed E-state index contributed by atoms with van der Waals surface area (Å²) < 4.78 is 39.4. The topological polar surface area (TPSA) is 76.2 Å². The molecule has 3 saturated heterocycles. The van der Waals surface area contributed by atoms with Gasteiger partial charge in [-0.3, -0.25) is 4.79 Å². The fraction of sp³-hybridized carbons (Fsp3) is 0.650. The molecule has 0 aliphatic carbocycles. The summed E-state index contributed by atoms with van der Waals surface area (Å²) in [4.78, 5) is 14.4. The molecule has 1 spiro atoms. The van der Waals surface area contributed by atoms with E-state index in [4.69, 9.17) is 9.47 Å². The smallest absolute Gasteiger partial charge is 0.260 e. The zero-order valence-electron chi connectivity index (χ0n) is 16.4. The second-order valence-corrected chi connectivity index (χ2v) is 10.6. The summed E-state index contributed by atoms with van der Waals surface area (Å²) in [5.74, 6) is 0.947. The van der Waals surface area contributed by atoms with Crippen LogP contribution >= 0.6 is 0 Å². The minimum absolute atomic E-state index is 0.0543. The largest absolute Gasteiger partial charge is 0.484 e. The molecular weight excluding hydrogens is 380 g/mol. The normalized spacial score (nSPS) is 31.2. The molecule has 0 unspecified atom stereocenters. The van der Waals surface area contributed by atoms with Crippen LogP contribution in [-0.2, 0) is 19.6 Å². The number of sulfonamides is 1. The van der Waals surface area contributed by atoms with Gasteiger partial charge in [-0.1, -0.05) is 32.0 Å². The quantitative estimate of drug-likeness (QED) is 0.713. The number of amides is 1. The van der Waals surface area contributed by atoms with Gasteiger partial charge >= 0.3 is 0 Å². The van der Waals surface area contributed by atoms with Gasteiger partial charge < -0.3 is 14.4 Å². The molecule has 0 N–H and O–H groups in total. The number of morpholine rings is 1. The van der Waals surface area contributed by atoms with Crippen LogP contribution in [0.5, 0.6) is 5.75 Å². The average molecular weight is 409 g/mol. The van der Waals surface area contributed by atoms with Crippen molar-refractivity contribution in [2.45, 2.75) is 43.6 Å². The highest BCUT2D eigenvalue weighted by atomic mass is 32.2. The Balaban J connectivity index is 1.44. The maximum absolute atomic E-state index is 13.0. The Morgan fingerprint density at radius 2 is 2.04 bits per heavy atom. The van der Waals surface area contributed by atoms with Crippen LogP contribution in [0.25, 0.3) is 0 Å². The van der Waals surface area contributed by atoms with Gasteiger partial charge in [-0.2, -0.15) is 4.31 Å². The van der Waals surface area contributed by atoms with Gasteiger partial charge in [-0.05, 0) is 30.9 Å². The monoisotopic (exact) mass is 408 g/mol. The van der Waals surface area contributed by atoms with Crippen LogP contribution < -0.4 is 4.74 Å². The van der Waals surface area contributed by atoms with Crippen molar-refractivity contribution in [3.63, 3.8) is 0 Å². The van der Waals surface area contributed by atoms with Crippen molar-refractivity contribution in [3.05, 3.63) is 30.3 Å². The van der Waals surface area contributed by atoms with Gasteiger partial charge in [-0.15, -0.1) is 0 Å². The van der Waals surface area contributed by atoms with E-state index in [9.17, 15) is 13.2 Å². The molecule has 3 aliphatic rings. The molecule has 28 heavy (non-hydrogen) atoms. The van der Waals surface area contributed by atoms with Crippen molar-refractivity contribution < 1.29 is 22.7 Å². The van der Waals surface area contributed by atoms with Crippen LogP contribution in [0, 0.1) is 5.92 Å². The standard InChI is InChI=1S/C20H28N2O5S/c1-15(2)8-9-22-14-20-13-21(11-17(27-20)10-18(20)28(22,24)25)19(23)12-26-16-6-4-3-5-7-16/h3-7,15,17-18H,8-14H2,1-2H3/t17-,18-,20-/m1/s1. The summed E-state index contributed by atoms with van der Waals surface area (Å²) in [6.07, 6.45) is 1.06. The lowest BCUT2D eigenvalue weighted by atomic mass is 9.99. The van der Waals surface area contributed by atoms with Crippen molar-refractivity contribution in [2.24, 2.45) is 5.92 Å². The highest BCUT2D eigenvalue weighted by Crippen LogP contribution is 2.46. The third-order valence-corrected chi connectivity index (χ3v) is 8.30. The molecule has 0 aromatic heterocycles. The molecule has 7 nitrogen and oxygen atoms in total. The van der Waals surface area contributed by atoms with Crippen molar-refractivity contribution in [2.75, 3.05) is 32.8 Å². The number of nitrogens with zero attached hydrogens (tertiary/aromatic N) is 2. The average Bonchev–Trinajstić information content (AvgIpc) is 3.04. The Kier molecular flexibility index (Phi) is 5.14. The zero-order chi connectivity index (χ0) is 19.9. The van der Waals surface area contributed by atoms with E-state index in [-0.39, 0.29) is 18.6 Å². The van der Waals surface area contributed by atoms with Crippen LogP contribution in [0.1, 0.15) is 26.7 Å². The molecule has 1 aromatic rings. The van der Waals surface area contributed by atoms with E-state index in [0.29, 0.717) is 44.3 Å². The summed E-state index contributed by atoms with van der Waals surface area (Å²) in [6.45, 7) is 5.70. The molecule has 0 saturated carbocycles. The van der Waals surface area contributed by atoms with Crippen LogP contribution in [0.2, 0.25) is 0 Å². The fourth-order valence-electron chi connectivity index (χ4n) is 4.50. The SMILES string of the molecule is CC(C)CCN1C[C@]23CN(C(=O)COc4ccccc4)C[C@@H](C[C@H]2S1(=O)=O)O3. The number of likely N-dealkylation sites (tertiary alicyclic amines) is 1. The van der Waals surface area contributed by atoms with Gasteiger partial charge in [0.15, 0.2) is 6.61 Å². The first-order valence-corrected chi connectivity index (χ1v) is 11.4. The third-order valence-electron chi connectivity index (χ3n) is 5.93. The maximum Gasteiger partial charge on any atom is 0.260 e. The summed E-state index contributed by atoms with van der Waals surface area (Å²) in [6, 6.07) is 9.21. The van der Waals surface area contributed by atoms with Crippen LogP contribution in [0.4, 0.5) is 0 Å². The van der Waals surface area contributed by atoms with Gasteiger partial charge in [-0.25, -0.2) is 8.42 Å². The van der Waals surface area contributed by atoms with Crippen molar-refractivity contribution in [1.82, 2.24) is 9.21 Å². The van der Waals surface area contributed by atoms with Gasteiger partial charge in [0.05, 0.1) is 12.6 Å².